The smallest absolute Gasteiger partial charge is 0.168 e. The minimum Gasteiger partial charge on any atom is -0.389 e. The van der Waals surface area contributed by atoms with Gasteiger partial charge in [-0.1, -0.05) is 28.1 Å². The van der Waals surface area contributed by atoms with Gasteiger partial charge in [-0.25, -0.2) is 0 Å². The molecular weight excluding hydrogens is 344 g/mol. The summed E-state index contributed by atoms with van der Waals surface area (Å²) in [5, 5.41) is 3.06. The highest BCUT2D eigenvalue weighted by Crippen LogP contribution is 2.31. The first-order valence-corrected chi connectivity index (χ1v) is 8.17. The Balaban J connectivity index is 1.99. The summed E-state index contributed by atoms with van der Waals surface area (Å²) in [4.78, 5) is 26.5. The number of benzene rings is 1. The van der Waals surface area contributed by atoms with Crippen LogP contribution in [0.3, 0.4) is 0 Å². The third-order valence-electron chi connectivity index (χ3n) is 3.76. The second-order valence-corrected chi connectivity index (χ2v) is 6.73. The van der Waals surface area contributed by atoms with Gasteiger partial charge in [0, 0.05) is 36.6 Å². The number of allylic oxidation sites excluding steroid dienone is 1. The van der Waals surface area contributed by atoms with Gasteiger partial charge in [0.2, 0.25) is 0 Å². The van der Waals surface area contributed by atoms with Crippen molar-refractivity contribution in [3.05, 3.63) is 46.1 Å². The van der Waals surface area contributed by atoms with Gasteiger partial charge in [0.1, 0.15) is 0 Å². The summed E-state index contributed by atoms with van der Waals surface area (Å²) in [5.74, 6) is -0.143. The number of likely N-dealkylation sites (N-methyl/N-ethyl adjacent to an activating group) is 1. The van der Waals surface area contributed by atoms with Gasteiger partial charge in [-0.05, 0) is 37.7 Å². The zero-order valence-corrected chi connectivity index (χ0v) is 14.5. The summed E-state index contributed by atoms with van der Waals surface area (Å²) in [5.41, 5.74) is 1.36. The lowest BCUT2D eigenvalue weighted by Crippen LogP contribution is -2.28. The van der Waals surface area contributed by atoms with Crippen molar-refractivity contribution in [2.45, 2.75) is 18.8 Å². The number of hydrogen-bond acceptors (Lipinski definition) is 4. The Morgan fingerprint density at radius 3 is 2.32 bits per heavy atom. The fraction of sp³-hybridized carbons (Fsp3) is 0.412. The number of nitrogens with one attached hydrogen (secondary N) is 1. The van der Waals surface area contributed by atoms with E-state index in [4.69, 9.17) is 0 Å². The summed E-state index contributed by atoms with van der Waals surface area (Å²) in [6, 6.07) is 7.83. The molecule has 1 aliphatic rings. The van der Waals surface area contributed by atoms with Gasteiger partial charge in [0.05, 0.1) is 5.57 Å². The van der Waals surface area contributed by atoms with E-state index in [0.717, 1.165) is 16.6 Å². The van der Waals surface area contributed by atoms with Crippen LogP contribution < -0.4 is 5.32 Å². The lowest BCUT2D eigenvalue weighted by atomic mass is 9.80. The molecule has 1 aromatic carbocycles. The van der Waals surface area contributed by atoms with E-state index in [1.807, 2.05) is 43.3 Å². The first-order valence-electron chi connectivity index (χ1n) is 7.37. The molecule has 1 aromatic rings. The van der Waals surface area contributed by atoms with Crippen LogP contribution in [-0.2, 0) is 9.59 Å². The number of carbonyl (C=O) groups is 2. The van der Waals surface area contributed by atoms with Gasteiger partial charge in [0.15, 0.2) is 11.6 Å². The SMILES string of the molecule is CN(C)CCNC=C1C(=O)CC(c2ccc(Br)cc2)CC1=O. The molecule has 0 amide bonds. The molecule has 118 valence electrons. The normalized spacial score (nSPS) is 18.7. The van der Waals surface area contributed by atoms with E-state index in [-0.39, 0.29) is 17.5 Å². The fourth-order valence-corrected chi connectivity index (χ4v) is 2.75. The molecule has 1 saturated carbocycles. The van der Waals surface area contributed by atoms with Crippen molar-refractivity contribution in [2.75, 3.05) is 27.2 Å². The van der Waals surface area contributed by atoms with Crippen molar-refractivity contribution in [3.63, 3.8) is 0 Å². The van der Waals surface area contributed by atoms with Crippen LogP contribution in [0.15, 0.2) is 40.5 Å². The topological polar surface area (TPSA) is 49.4 Å². The Labute approximate surface area is 139 Å². The number of hydrogen-bond donors (Lipinski definition) is 1. The highest BCUT2D eigenvalue weighted by Gasteiger charge is 2.31. The maximum atomic E-state index is 12.2. The van der Waals surface area contributed by atoms with E-state index < -0.39 is 0 Å². The molecule has 0 saturated heterocycles. The minimum absolute atomic E-state index is 0.00738. The third kappa shape index (κ3) is 4.52. The largest absolute Gasteiger partial charge is 0.389 e. The molecule has 4 nitrogen and oxygen atoms in total. The van der Waals surface area contributed by atoms with E-state index in [1.165, 1.54) is 0 Å². The van der Waals surface area contributed by atoms with Crippen molar-refractivity contribution in [3.8, 4) is 0 Å². The monoisotopic (exact) mass is 364 g/mol. The van der Waals surface area contributed by atoms with Crippen molar-refractivity contribution < 1.29 is 9.59 Å². The third-order valence-corrected chi connectivity index (χ3v) is 4.28. The Morgan fingerprint density at radius 1 is 1.18 bits per heavy atom. The Morgan fingerprint density at radius 2 is 1.77 bits per heavy atom. The van der Waals surface area contributed by atoms with Crippen LogP contribution in [0.1, 0.15) is 24.3 Å². The minimum atomic E-state index is -0.0680. The second-order valence-electron chi connectivity index (χ2n) is 5.82. The summed E-state index contributed by atoms with van der Waals surface area (Å²) >= 11 is 3.39. The van der Waals surface area contributed by atoms with Crippen LogP contribution in [-0.4, -0.2) is 43.7 Å². The zero-order valence-electron chi connectivity index (χ0n) is 12.9. The Kier molecular flexibility index (Phi) is 5.91. The maximum Gasteiger partial charge on any atom is 0.168 e. The first-order chi connectivity index (χ1) is 10.5. The van der Waals surface area contributed by atoms with Gasteiger partial charge in [-0.15, -0.1) is 0 Å². The summed E-state index contributed by atoms with van der Waals surface area (Å²) < 4.78 is 0.996. The molecule has 0 radical (unpaired) electrons. The highest BCUT2D eigenvalue weighted by atomic mass is 79.9. The molecule has 0 spiro atoms. The number of nitrogens with zero attached hydrogens (tertiary/aromatic N) is 1. The van der Waals surface area contributed by atoms with Crippen LogP contribution >= 0.6 is 15.9 Å². The lowest BCUT2D eigenvalue weighted by molar-refractivity contribution is -0.124. The van der Waals surface area contributed by atoms with Crippen LogP contribution in [0.2, 0.25) is 0 Å². The second kappa shape index (κ2) is 7.70. The van der Waals surface area contributed by atoms with Gasteiger partial charge in [-0.3, -0.25) is 9.59 Å². The Bertz CT molecular complexity index is 559. The van der Waals surface area contributed by atoms with Crippen molar-refractivity contribution in [2.24, 2.45) is 0 Å². The molecule has 5 heteroatoms. The van der Waals surface area contributed by atoms with Crippen molar-refractivity contribution in [1.82, 2.24) is 10.2 Å². The molecule has 1 N–H and O–H groups in total. The zero-order chi connectivity index (χ0) is 16.1. The molecule has 0 bridgehead atoms. The van der Waals surface area contributed by atoms with Crippen molar-refractivity contribution >= 4 is 27.5 Å². The summed E-state index contributed by atoms with van der Waals surface area (Å²) in [6.45, 7) is 1.57. The summed E-state index contributed by atoms with van der Waals surface area (Å²) in [7, 11) is 3.96. The maximum absolute atomic E-state index is 12.2. The average Bonchev–Trinajstić information content (AvgIpc) is 2.46. The lowest BCUT2D eigenvalue weighted by Gasteiger charge is -2.22. The van der Waals surface area contributed by atoms with E-state index in [2.05, 4.69) is 21.2 Å². The van der Waals surface area contributed by atoms with Crippen LogP contribution in [0.5, 0.6) is 0 Å². The van der Waals surface area contributed by atoms with Gasteiger partial charge < -0.3 is 10.2 Å². The van der Waals surface area contributed by atoms with Crippen LogP contribution in [0.25, 0.3) is 0 Å². The Hall–Kier alpha value is -1.46. The van der Waals surface area contributed by atoms with Gasteiger partial charge in [0.25, 0.3) is 0 Å². The molecule has 0 aliphatic heterocycles. The summed E-state index contributed by atoms with van der Waals surface area (Å²) in [6.07, 6.45) is 2.38. The number of rotatable bonds is 5. The molecule has 2 rings (SSSR count). The molecule has 0 atom stereocenters. The van der Waals surface area contributed by atoms with Gasteiger partial charge >= 0.3 is 0 Å². The fourth-order valence-electron chi connectivity index (χ4n) is 2.49. The number of halogens is 1. The molecule has 22 heavy (non-hydrogen) atoms. The predicted molar refractivity (Wildman–Crippen MR) is 90.8 cm³/mol. The molecule has 1 aliphatic carbocycles. The van der Waals surface area contributed by atoms with E-state index >= 15 is 0 Å². The number of ketones is 2. The molecule has 0 unspecified atom stereocenters. The first kappa shape index (κ1) is 16.9. The van der Waals surface area contributed by atoms with Gasteiger partial charge in [-0.2, -0.15) is 0 Å². The van der Waals surface area contributed by atoms with E-state index in [0.29, 0.717) is 25.0 Å². The van der Waals surface area contributed by atoms with Crippen LogP contribution in [0, 0.1) is 0 Å². The van der Waals surface area contributed by atoms with E-state index in [9.17, 15) is 9.59 Å². The van der Waals surface area contributed by atoms with Crippen LogP contribution in [0.4, 0.5) is 0 Å². The number of carbonyl (C=O) groups excluding carboxylic acids is 2. The van der Waals surface area contributed by atoms with Crippen molar-refractivity contribution in [1.29, 1.82) is 0 Å². The quantitative estimate of drug-likeness (QED) is 0.495. The highest BCUT2D eigenvalue weighted by molar-refractivity contribution is 9.10. The molecule has 1 fully saturated rings. The predicted octanol–water partition coefficient (Wildman–Crippen LogP) is 2.50. The molecule has 0 heterocycles. The average molecular weight is 365 g/mol. The molecular formula is C17H21BrN2O2. The number of Topliss-reactive ketones (excluding diaryl/α,β-unsaturated/α-hetero) is 2. The van der Waals surface area contributed by atoms with E-state index in [1.54, 1.807) is 6.20 Å². The molecule has 0 aromatic heterocycles. The standard InChI is InChI=1S/C17H21BrN2O2/c1-20(2)8-7-19-11-15-16(21)9-13(10-17(15)22)12-3-5-14(18)6-4-12/h3-6,11,13,19H,7-10H2,1-2H3.